The van der Waals surface area contributed by atoms with E-state index in [1.165, 1.54) is 14.2 Å². The van der Waals surface area contributed by atoms with Crippen LogP contribution in [-0.4, -0.2) is 37.7 Å². The topological polar surface area (TPSA) is 89.7 Å². The van der Waals surface area contributed by atoms with Crippen molar-refractivity contribution >= 4 is 29.2 Å². The molecule has 26 heavy (non-hydrogen) atoms. The number of esters is 1. The minimum atomic E-state index is -0.470. The highest BCUT2D eigenvalue weighted by Gasteiger charge is 2.23. The van der Waals surface area contributed by atoms with Crippen LogP contribution in [0.5, 0.6) is 11.5 Å². The molecule has 2 N–H and O–H groups in total. The van der Waals surface area contributed by atoms with Crippen LogP contribution in [0.3, 0.4) is 0 Å². The number of aromatic amines is 1. The lowest BCUT2D eigenvalue weighted by Crippen LogP contribution is -2.14. The molecule has 1 aromatic heterocycles. The van der Waals surface area contributed by atoms with Gasteiger partial charge in [0.15, 0.2) is 11.5 Å². The van der Waals surface area contributed by atoms with Crippen molar-refractivity contribution in [2.45, 2.75) is 20.8 Å². The summed E-state index contributed by atoms with van der Waals surface area (Å²) in [6.45, 7) is 5.37. The summed E-state index contributed by atoms with van der Waals surface area (Å²) in [6, 6.07) is 3.11. The van der Waals surface area contributed by atoms with E-state index in [0.29, 0.717) is 39.0 Å². The maximum atomic E-state index is 12.7. The highest BCUT2D eigenvalue weighted by atomic mass is 35.5. The van der Waals surface area contributed by atoms with Gasteiger partial charge in [0.05, 0.1) is 37.1 Å². The third-order valence-electron chi connectivity index (χ3n) is 3.87. The molecule has 2 aromatic rings. The van der Waals surface area contributed by atoms with E-state index in [-0.39, 0.29) is 12.3 Å². The molecule has 0 saturated heterocycles. The van der Waals surface area contributed by atoms with Gasteiger partial charge in [0, 0.05) is 17.8 Å². The van der Waals surface area contributed by atoms with Gasteiger partial charge in [-0.15, -0.1) is 0 Å². The third kappa shape index (κ3) is 3.77. The van der Waals surface area contributed by atoms with Gasteiger partial charge in [0.1, 0.15) is 5.69 Å². The molecule has 7 nitrogen and oxygen atoms in total. The standard InChI is InChI=1S/C18H21ClN2O5/c1-6-26-18(23)15-9(2)16(20-10(15)3)17(22)21-12-8-14(25-5)13(24-4)7-11(12)19/h7-8,20H,6H2,1-5H3,(H,21,22). The highest BCUT2D eigenvalue weighted by Crippen LogP contribution is 2.36. The molecule has 0 aliphatic rings. The molecule has 140 valence electrons. The van der Waals surface area contributed by atoms with Crippen LogP contribution in [0.4, 0.5) is 5.69 Å². The molecular weight excluding hydrogens is 360 g/mol. The summed E-state index contributed by atoms with van der Waals surface area (Å²) >= 11 is 6.20. The second kappa shape index (κ2) is 8.14. The Morgan fingerprint density at radius 1 is 1.15 bits per heavy atom. The van der Waals surface area contributed by atoms with Crippen LogP contribution in [0.15, 0.2) is 12.1 Å². The number of hydrogen-bond donors (Lipinski definition) is 2. The lowest BCUT2D eigenvalue weighted by atomic mass is 10.1. The Morgan fingerprint density at radius 3 is 2.35 bits per heavy atom. The lowest BCUT2D eigenvalue weighted by molar-refractivity contribution is 0.0525. The molecule has 2 rings (SSSR count). The number of aromatic nitrogens is 1. The predicted molar refractivity (Wildman–Crippen MR) is 98.7 cm³/mol. The number of anilines is 1. The Morgan fingerprint density at radius 2 is 1.77 bits per heavy atom. The maximum Gasteiger partial charge on any atom is 0.340 e. The number of carbonyl (C=O) groups excluding carboxylic acids is 2. The fourth-order valence-corrected chi connectivity index (χ4v) is 2.82. The van der Waals surface area contributed by atoms with Gasteiger partial charge in [0.25, 0.3) is 5.91 Å². The molecular formula is C18H21ClN2O5. The first-order chi connectivity index (χ1) is 12.3. The number of methoxy groups -OCH3 is 2. The molecule has 1 aromatic carbocycles. The molecule has 8 heteroatoms. The normalized spacial score (nSPS) is 10.4. The molecule has 0 saturated carbocycles. The second-order valence-electron chi connectivity index (χ2n) is 5.49. The van der Waals surface area contributed by atoms with Crippen LogP contribution >= 0.6 is 11.6 Å². The van der Waals surface area contributed by atoms with Gasteiger partial charge in [-0.1, -0.05) is 11.6 Å². The number of halogens is 1. The summed E-state index contributed by atoms with van der Waals surface area (Å²) in [4.78, 5) is 27.7. The number of hydrogen-bond acceptors (Lipinski definition) is 5. The van der Waals surface area contributed by atoms with Crippen molar-refractivity contribution in [3.8, 4) is 11.5 Å². The van der Waals surface area contributed by atoms with Crippen LogP contribution in [0.1, 0.15) is 39.0 Å². The van der Waals surface area contributed by atoms with E-state index in [1.807, 2.05) is 0 Å². The van der Waals surface area contributed by atoms with Gasteiger partial charge in [-0.3, -0.25) is 4.79 Å². The maximum absolute atomic E-state index is 12.7. The molecule has 0 radical (unpaired) electrons. The minimum Gasteiger partial charge on any atom is -0.493 e. The zero-order valence-electron chi connectivity index (χ0n) is 15.3. The summed E-state index contributed by atoms with van der Waals surface area (Å²) in [7, 11) is 2.98. The van der Waals surface area contributed by atoms with Crippen molar-refractivity contribution in [3.63, 3.8) is 0 Å². The van der Waals surface area contributed by atoms with Crippen LogP contribution in [-0.2, 0) is 4.74 Å². The first-order valence-electron chi connectivity index (χ1n) is 7.93. The van der Waals surface area contributed by atoms with E-state index in [9.17, 15) is 9.59 Å². The van der Waals surface area contributed by atoms with Crippen LogP contribution in [0, 0.1) is 13.8 Å². The summed E-state index contributed by atoms with van der Waals surface area (Å²) in [6.07, 6.45) is 0. The molecule has 0 fully saturated rings. The molecule has 1 amide bonds. The summed E-state index contributed by atoms with van der Waals surface area (Å²) in [5, 5.41) is 3.01. The van der Waals surface area contributed by atoms with Crippen molar-refractivity contribution < 1.29 is 23.8 Å². The number of H-pyrrole nitrogens is 1. The average Bonchev–Trinajstić information content (AvgIpc) is 2.91. The predicted octanol–water partition coefficient (Wildman–Crippen LogP) is 3.73. The van der Waals surface area contributed by atoms with E-state index in [4.69, 9.17) is 25.8 Å². The van der Waals surface area contributed by atoms with Gasteiger partial charge in [-0.05, 0) is 26.3 Å². The van der Waals surface area contributed by atoms with Crippen molar-refractivity contribution in [3.05, 3.63) is 39.7 Å². The summed E-state index contributed by atoms with van der Waals surface area (Å²) in [5.74, 6) is -0.0250. The van der Waals surface area contributed by atoms with Gasteiger partial charge in [-0.25, -0.2) is 4.79 Å². The van der Waals surface area contributed by atoms with E-state index < -0.39 is 11.9 Å². The fourth-order valence-electron chi connectivity index (χ4n) is 2.62. The van der Waals surface area contributed by atoms with Crippen molar-refractivity contribution in [2.24, 2.45) is 0 Å². The van der Waals surface area contributed by atoms with Gasteiger partial charge >= 0.3 is 5.97 Å². The number of amides is 1. The molecule has 0 aliphatic heterocycles. The Kier molecular flexibility index (Phi) is 6.15. The summed E-state index contributed by atoms with van der Waals surface area (Å²) < 4.78 is 15.4. The zero-order valence-corrected chi connectivity index (χ0v) is 16.0. The Bertz CT molecular complexity index is 845. The van der Waals surface area contributed by atoms with E-state index in [2.05, 4.69) is 10.3 Å². The van der Waals surface area contributed by atoms with Gasteiger partial charge in [0.2, 0.25) is 0 Å². The third-order valence-corrected chi connectivity index (χ3v) is 4.18. The van der Waals surface area contributed by atoms with E-state index in [1.54, 1.807) is 32.9 Å². The van der Waals surface area contributed by atoms with Crippen molar-refractivity contribution in [1.29, 1.82) is 0 Å². The van der Waals surface area contributed by atoms with Gasteiger partial charge in [-0.2, -0.15) is 0 Å². The van der Waals surface area contributed by atoms with Crippen molar-refractivity contribution in [1.82, 2.24) is 4.98 Å². The SMILES string of the molecule is CCOC(=O)c1c(C)[nH]c(C(=O)Nc2cc(OC)c(OC)cc2Cl)c1C. The smallest absolute Gasteiger partial charge is 0.340 e. The number of benzene rings is 1. The molecule has 1 heterocycles. The molecule has 0 bridgehead atoms. The number of nitrogens with one attached hydrogen (secondary N) is 2. The van der Waals surface area contributed by atoms with Crippen LogP contribution in [0.2, 0.25) is 5.02 Å². The number of aryl methyl sites for hydroxylation is 1. The zero-order chi connectivity index (χ0) is 19.4. The van der Waals surface area contributed by atoms with Crippen LogP contribution < -0.4 is 14.8 Å². The van der Waals surface area contributed by atoms with Gasteiger partial charge < -0.3 is 24.5 Å². The van der Waals surface area contributed by atoms with E-state index >= 15 is 0 Å². The van der Waals surface area contributed by atoms with Crippen molar-refractivity contribution in [2.75, 3.05) is 26.1 Å². The molecule has 0 atom stereocenters. The Hall–Kier alpha value is -2.67. The Labute approximate surface area is 156 Å². The monoisotopic (exact) mass is 380 g/mol. The fraction of sp³-hybridized carbons (Fsp3) is 0.333. The molecule has 0 spiro atoms. The number of carbonyl (C=O) groups is 2. The second-order valence-corrected chi connectivity index (χ2v) is 5.89. The minimum absolute atomic E-state index is 0.256. The average molecular weight is 381 g/mol. The quantitative estimate of drug-likeness (QED) is 0.745. The number of ether oxygens (including phenoxy) is 3. The largest absolute Gasteiger partial charge is 0.493 e. The van der Waals surface area contributed by atoms with E-state index in [0.717, 1.165) is 0 Å². The highest BCUT2D eigenvalue weighted by molar-refractivity contribution is 6.34. The lowest BCUT2D eigenvalue weighted by Gasteiger charge is -2.12. The molecule has 0 aliphatic carbocycles. The van der Waals surface area contributed by atoms with Crippen LogP contribution in [0.25, 0.3) is 0 Å². The first kappa shape index (κ1) is 19.7. The Balaban J connectivity index is 2.34. The summed E-state index contributed by atoms with van der Waals surface area (Å²) in [5.41, 5.74) is 2.05. The number of rotatable bonds is 6. The molecule has 0 unspecified atom stereocenters. The first-order valence-corrected chi connectivity index (χ1v) is 8.30.